The minimum absolute atomic E-state index is 0.257. The lowest BCUT2D eigenvalue weighted by Gasteiger charge is -2.18. The number of hydrogen-bond acceptors (Lipinski definition) is 2. The van der Waals surface area contributed by atoms with E-state index in [1.54, 1.807) is 6.07 Å². The zero-order valence-corrected chi connectivity index (χ0v) is 12.4. The van der Waals surface area contributed by atoms with Gasteiger partial charge < -0.3 is 9.73 Å². The van der Waals surface area contributed by atoms with E-state index in [2.05, 4.69) is 12.2 Å². The molecule has 1 N–H and O–H groups in total. The zero-order valence-electron chi connectivity index (χ0n) is 12.4. The fourth-order valence-corrected chi connectivity index (χ4v) is 4.30. The minimum Gasteiger partial charge on any atom is -0.456 e. The van der Waals surface area contributed by atoms with Crippen LogP contribution in [0.25, 0.3) is 11.0 Å². The molecule has 0 spiro atoms. The average Bonchev–Trinajstić information content (AvgIpc) is 2.87. The summed E-state index contributed by atoms with van der Waals surface area (Å²) < 4.78 is 19.7. The molecular formula is C18H22FNO. The number of fused-ring (bicyclic) bond motifs is 2. The van der Waals surface area contributed by atoms with Crippen LogP contribution in [0.15, 0.2) is 28.7 Å². The lowest BCUT2D eigenvalue weighted by Crippen LogP contribution is -2.25. The van der Waals surface area contributed by atoms with Crippen LogP contribution >= 0.6 is 0 Å². The molecule has 4 rings (SSSR count). The van der Waals surface area contributed by atoms with Gasteiger partial charge in [-0.15, -0.1) is 0 Å². The molecule has 3 unspecified atom stereocenters. The molecule has 1 aromatic heterocycles. The normalized spacial score (nSPS) is 28.8. The molecule has 2 aliphatic rings. The maximum absolute atomic E-state index is 13.8. The largest absolute Gasteiger partial charge is 0.456 e. The maximum atomic E-state index is 13.8. The molecule has 2 fully saturated rings. The number of hydrogen-bond donors (Lipinski definition) is 1. The van der Waals surface area contributed by atoms with Gasteiger partial charge in [-0.1, -0.05) is 25.5 Å². The molecule has 0 radical (unpaired) electrons. The number of para-hydroxylation sites is 1. The second-order valence-corrected chi connectivity index (χ2v) is 6.57. The molecule has 3 heteroatoms. The van der Waals surface area contributed by atoms with Crippen molar-refractivity contribution in [1.82, 2.24) is 5.32 Å². The molecule has 21 heavy (non-hydrogen) atoms. The number of furan rings is 1. The van der Waals surface area contributed by atoms with Crippen LogP contribution in [-0.4, -0.2) is 6.54 Å². The first-order chi connectivity index (χ1) is 10.3. The number of benzene rings is 1. The molecule has 2 saturated carbocycles. The molecular weight excluding hydrogens is 265 g/mol. The summed E-state index contributed by atoms with van der Waals surface area (Å²) in [5, 5.41) is 4.51. The summed E-state index contributed by atoms with van der Waals surface area (Å²) in [6, 6.07) is 7.43. The number of halogens is 1. The second-order valence-electron chi connectivity index (χ2n) is 6.57. The maximum Gasteiger partial charge on any atom is 0.169 e. The van der Waals surface area contributed by atoms with E-state index in [-0.39, 0.29) is 11.9 Å². The van der Waals surface area contributed by atoms with Crippen LogP contribution in [-0.2, 0) is 0 Å². The first kappa shape index (κ1) is 13.3. The summed E-state index contributed by atoms with van der Waals surface area (Å²) in [5.41, 5.74) is 0.404. The third-order valence-electron chi connectivity index (χ3n) is 5.29. The second kappa shape index (κ2) is 5.13. The van der Waals surface area contributed by atoms with Crippen molar-refractivity contribution in [1.29, 1.82) is 0 Å². The number of nitrogens with one attached hydrogen (secondary N) is 1. The summed E-state index contributed by atoms with van der Waals surface area (Å²) in [5.74, 6) is 3.07. The molecule has 2 aromatic rings. The fraction of sp³-hybridized carbons (Fsp3) is 0.556. The van der Waals surface area contributed by atoms with Crippen molar-refractivity contribution in [2.75, 3.05) is 6.54 Å². The van der Waals surface area contributed by atoms with Crippen LogP contribution in [0.5, 0.6) is 0 Å². The van der Waals surface area contributed by atoms with Crippen LogP contribution in [0, 0.1) is 23.6 Å². The highest BCUT2D eigenvalue weighted by atomic mass is 19.1. The van der Waals surface area contributed by atoms with E-state index in [4.69, 9.17) is 4.42 Å². The Hall–Kier alpha value is -1.35. The van der Waals surface area contributed by atoms with Crippen LogP contribution < -0.4 is 5.32 Å². The van der Waals surface area contributed by atoms with Crippen molar-refractivity contribution in [2.24, 2.45) is 17.8 Å². The van der Waals surface area contributed by atoms with E-state index in [0.717, 1.165) is 35.9 Å². The van der Waals surface area contributed by atoms with Crippen LogP contribution in [0.3, 0.4) is 0 Å². The fourth-order valence-electron chi connectivity index (χ4n) is 4.30. The van der Waals surface area contributed by atoms with Crippen molar-refractivity contribution in [3.8, 4) is 0 Å². The van der Waals surface area contributed by atoms with Gasteiger partial charge in [0.2, 0.25) is 0 Å². The molecule has 112 valence electrons. The van der Waals surface area contributed by atoms with E-state index in [1.165, 1.54) is 25.3 Å². The Labute approximate surface area is 124 Å². The van der Waals surface area contributed by atoms with Gasteiger partial charge in [-0.25, -0.2) is 4.39 Å². The minimum atomic E-state index is -0.260. The molecule has 1 heterocycles. The van der Waals surface area contributed by atoms with Crippen molar-refractivity contribution < 1.29 is 8.81 Å². The SMILES string of the molecule is CCCNC(c1cc2cccc(F)c2o1)C1C2CCCC21. The van der Waals surface area contributed by atoms with Gasteiger partial charge in [-0.3, -0.25) is 0 Å². The van der Waals surface area contributed by atoms with Gasteiger partial charge in [0.25, 0.3) is 0 Å². The molecule has 1 aromatic carbocycles. The third-order valence-corrected chi connectivity index (χ3v) is 5.29. The molecule has 2 nitrogen and oxygen atoms in total. The standard InChI is InChI=1S/C18H22FNO/c1-2-9-20-17(16-12-6-4-7-13(12)16)15-10-11-5-3-8-14(19)18(11)21-15/h3,5,8,10,12-13,16-17,20H,2,4,6-7,9H2,1H3. The van der Waals surface area contributed by atoms with Crippen LogP contribution in [0.2, 0.25) is 0 Å². The summed E-state index contributed by atoms with van der Waals surface area (Å²) in [6.45, 7) is 3.16. The number of rotatable bonds is 5. The summed E-state index contributed by atoms with van der Waals surface area (Å²) in [4.78, 5) is 0. The summed E-state index contributed by atoms with van der Waals surface area (Å²) in [7, 11) is 0. The Morgan fingerprint density at radius 3 is 2.86 bits per heavy atom. The highest BCUT2D eigenvalue weighted by Gasteiger charge is 2.56. The van der Waals surface area contributed by atoms with Gasteiger partial charge in [-0.05, 0) is 55.7 Å². The first-order valence-electron chi connectivity index (χ1n) is 8.21. The van der Waals surface area contributed by atoms with Gasteiger partial charge in [0.1, 0.15) is 5.76 Å². The summed E-state index contributed by atoms with van der Waals surface area (Å²) >= 11 is 0. The van der Waals surface area contributed by atoms with E-state index < -0.39 is 0 Å². The molecule has 0 saturated heterocycles. The van der Waals surface area contributed by atoms with Crippen molar-refractivity contribution in [3.05, 3.63) is 35.8 Å². The quantitative estimate of drug-likeness (QED) is 0.865. The first-order valence-corrected chi connectivity index (χ1v) is 8.21. The molecule has 0 aliphatic heterocycles. The topological polar surface area (TPSA) is 25.2 Å². The van der Waals surface area contributed by atoms with E-state index in [0.29, 0.717) is 11.5 Å². The highest BCUT2D eigenvalue weighted by molar-refractivity contribution is 5.78. The van der Waals surface area contributed by atoms with Crippen molar-refractivity contribution in [2.45, 2.75) is 38.6 Å². The van der Waals surface area contributed by atoms with E-state index in [1.807, 2.05) is 12.1 Å². The lowest BCUT2D eigenvalue weighted by atomic mass is 10.0. The molecule has 3 atom stereocenters. The predicted octanol–water partition coefficient (Wildman–Crippen LogP) is 4.66. The molecule has 2 aliphatic carbocycles. The van der Waals surface area contributed by atoms with E-state index >= 15 is 0 Å². The van der Waals surface area contributed by atoms with Crippen molar-refractivity contribution >= 4 is 11.0 Å². The van der Waals surface area contributed by atoms with Gasteiger partial charge in [-0.2, -0.15) is 0 Å². The zero-order chi connectivity index (χ0) is 14.4. The Balaban J connectivity index is 1.66. The predicted molar refractivity (Wildman–Crippen MR) is 81.5 cm³/mol. The van der Waals surface area contributed by atoms with Gasteiger partial charge in [0.15, 0.2) is 11.4 Å². The van der Waals surface area contributed by atoms with Crippen molar-refractivity contribution in [3.63, 3.8) is 0 Å². The smallest absolute Gasteiger partial charge is 0.169 e. The van der Waals surface area contributed by atoms with Crippen LogP contribution in [0.4, 0.5) is 4.39 Å². The van der Waals surface area contributed by atoms with E-state index in [9.17, 15) is 4.39 Å². The molecule has 0 amide bonds. The Morgan fingerprint density at radius 1 is 1.33 bits per heavy atom. The monoisotopic (exact) mass is 287 g/mol. The average molecular weight is 287 g/mol. The molecule has 0 bridgehead atoms. The summed E-state index contributed by atoms with van der Waals surface area (Å²) in [6.07, 6.45) is 5.19. The van der Waals surface area contributed by atoms with Gasteiger partial charge in [0.05, 0.1) is 6.04 Å². The Bertz CT molecular complexity index is 640. The van der Waals surface area contributed by atoms with Gasteiger partial charge in [0, 0.05) is 5.39 Å². The Kier molecular flexibility index (Phi) is 3.26. The Morgan fingerprint density at radius 2 is 2.14 bits per heavy atom. The lowest BCUT2D eigenvalue weighted by molar-refractivity contribution is 0.356. The third kappa shape index (κ3) is 2.18. The highest BCUT2D eigenvalue weighted by Crippen LogP contribution is 2.62. The van der Waals surface area contributed by atoms with Gasteiger partial charge >= 0.3 is 0 Å². The van der Waals surface area contributed by atoms with Crippen LogP contribution in [0.1, 0.15) is 44.4 Å².